The quantitative estimate of drug-likeness (QED) is 0.636. The van der Waals surface area contributed by atoms with Crippen LogP contribution in [0, 0.1) is 0 Å². The number of carbonyl (C=O) groups is 1. The van der Waals surface area contributed by atoms with Crippen LogP contribution in [0.5, 0.6) is 5.75 Å². The number of rotatable bonds is 4. The number of carbonyl (C=O) groups excluding carboxylic acids is 1. The first-order valence-corrected chi connectivity index (χ1v) is 9.25. The van der Waals surface area contributed by atoms with Gasteiger partial charge in [0.1, 0.15) is 5.75 Å². The number of benzene rings is 2. The van der Waals surface area contributed by atoms with E-state index < -0.39 is 0 Å². The molecule has 4 nitrogen and oxygen atoms in total. The van der Waals surface area contributed by atoms with Crippen LogP contribution in [0.2, 0.25) is 0 Å². The second kappa shape index (κ2) is 7.32. The summed E-state index contributed by atoms with van der Waals surface area (Å²) in [6, 6.07) is 13.1. The first-order valence-electron chi connectivity index (χ1n) is 7.64. The fourth-order valence-corrected chi connectivity index (χ4v) is 4.06. The second-order valence-electron chi connectivity index (χ2n) is 5.29. The van der Waals surface area contributed by atoms with Gasteiger partial charge in [0.05, 0.1) is 17.3 Å². The van der Waals surface area contributed by atoms with Gasteiger partial charge in [0.15, 0.2) is 4.80 Å². The number of halogens is 1. The Morgan fingerprint density at radius 1 is 1.25 bits per heavy atom. The van der Waals surface area contributed by atoms with Gasteiger partial charge in [0.2, 0.25) is 0 Å². The molecule has 0 aliphatic carbocycles. The van der Waals surface area contributed by atoms with Gasteiger partial charge in [-0.3, -0.25) is 4.79 Å². The van der Waals surface area contributed by atoms with Crippen LogP contribution < -0.4 is 9.54 Å². The van der Waals surface area contributed by atoms with Gasteiger partial charge in [-0.1, -0.05) is 34.2 Å². The molecule has 0 aliphatic rings. The molecule has 124 valence electrons. The van der Waals surface area contributed by atoms with Gasteiger partial charge >= 0.3 is 0 Å². The second-order valence-corrected chi connectivity index (χ2v) is 7.22. The predicted molar refractivity (Wildman–Crippen MR) is 101 cm³/mol. The lowest BCUT2D eigenvalue weighted by molar-refractivity contribution is 0.0998. The molecule has 3 rings (SSSR count). The highest BCUT2D eigenvalue weighted by Crippen LogP contribution is 2.22. The van der Waals surface area contributed by atoms with E-state index in [0.717, 1.165) is 38.2 Å². The number of ether oxygens (including phenoxy) is 1. The monoisotopic (exact) mass is 404 g/mol. The van der Waals surface area contributed by atoms with Crippen LogP contribution in [0.1, 0.15) is 23.7 Å². The predicted octanol–water partition coefficient (Wildman–Crippen LogP) is 4.63. The van der Waals surface area contributed by atoms with Crippen molar-refractivity contribution in [2.75, 3.05) is 7.11 Å². The zero-order chi connectivity index (χ0) is 17.1. The lowest BCUT2D eigenvalue weighted by Crippen LogP contribution is -2.16. The third-order valence-electron chi connectivity index (χ3n) is 3.63. The number of hydrogen-bond donors (Lipinski definition) is 0. The third-order valence-corrected chi connectivity index (χ3v) is 5.16. The average molecular weight is 405 g/mol. The number of thiazole rings is 1. The van der Waals surface area contributed by atoms with E-state index in [1.165, 1.54) is 11.3 Å². The normalized spacial score (nSPS) is 11.9. The summed E-state index contributed by atoms with van der Waals surface area (Å²) >= 11 is 5.02. The summed E-state index contributed by atoms with van der Waals surface area (Å²) in [7, 11) is 1.60. The minimum Gasteiger partial charge on any atom is -0.497 e. The highest BCUT2D eigenvalue weighted by molar-refractivity contribution is 9.10. The summed E-state index contributed by atoms with van der Waals surface area (Å²) in [6.45, 7) is 2.95. The van der Waals surface area contributed by atoms with E-state index in [4.69, 9.17) is 4.74 Å². The van der Waals surface area contributed by atoms with Gasteiger partial charge in [-0.25, -0.2) is 0 Å². The first kappa shape index (κ1) is 16.9. The van der Waals surface area contributed by atoms with E-state index in [9.17, 15) is 4.79 Å². The molecular formula is C18H17BrN2O2S. The SMILES string of the molecule is CCCn1c(=NC(=O)c2ccc(OC)cc2)sc2cc(Br)ccc21. The molecule has 0 radical (unpaired) electrons. The lowest BCUT2D eigenvalue weighted by Gasteiger charge is -2.03. The van der Waals surface area contributed by atoms with Crippen molar-refractivity contribution in [2.24, 2.45) is 4.99 Å². The Morgan fingerprint density at radius 3 is 2.67 bits per heavy atom. The third kappa shape index (κ3) is 3.44. The molecule has 0 aliphatic heterocycles. The Balaban J connectivity index is 2.07. The maximum atomic E-state index is 12.5. The minimum atomic E-state index is -0.242. The van der Waals surface area contributed by atoms with Crippen LogP contribution in [0.15, 0.2) is 51.9 Å². The highest BCUT2D eigenvalue weighted by atomic mass is 79.9. The average Bonchev–Trinajstić information content (AvgIpc) is 2.91. The van der Waals surface area contributed by atoms with E-state index in [1.807, 2.05) is 6.07 Å². The zero-order valence-electron chi connectivity index (χ0n) is 13.5. The Labute approximate surface area is 152 Å². The van der Waals surface area contributed by atoms with Crippen LogP contribution >= 0.6 is 27.3 Å². The summed E-state index contributed by atoms with van der Waals surface area (Å²) in [5.74, 6) is 0.479. The van der Waals surface area contributed by atoms with Crippen molar-refractivity contribution in [2.45, 2.75) is 19.9 Å². The molecule has 0 unspecified atom stereocenters. The van der Waals surface area contributed by atoms with E-state index in [2.05, 4.69) is 44.5 Å². The van der Waals surface area contributed by atoms with Crippen LogP contribution in [-0.4, -0.2) is 17.6 Å². The Bertz CT molecular complexity index is 942. The standard InChI is InChI=1S/C18H17BrN2O2S/c1-3-10-21-15-9-6-13(19)11-16(15)24-18(21)20-17(22)12-4-7-14(23-2)8-5-12/h4-9,11H,3,10H2,1-2H3. The number of amides is 1. The summed E-state index contributed by atoms with van der Waals surface area (Å²) < 4.78 is 9.36. The molecule has 0 N–H and O–H groups in total. The largest absolute Gasteiger partial charge is 0.497 e. The van der Waals surface area contributed by atoms with E-state index >= 15 is 0 Å². The number of aryl methyl sites for hydroxylation is 1. The molecule has 24 heavy (non-hydrogen) atoms. The van der Waals surface area contributed by atoms with Crippen molar-refractivity contribution < 1.29 is 9.53 Å². The maximum Gasteiger partial charge on any atom is 0.279 e. The smallest absolute Gasteiger partial charge is 0.279 e. The van der Waals surface area contributed by atoms with Gasteiger partial charge < -0.3 is 9.30 Å². The molecule has 1 aromatic heterocycles. The molecule has 0 saturated carbocycles. The van der Waals surface area contributed by atoms with Crippen molar-refractivity contribution in [1.82, 2.24) is 4.57 Å². The van der Waals surface area contributed by atoms with Crippen molar-refractivity contribution in [3.8, 4) is 5.75 Å². The molecule has 3 aromatic rings. The number of nitrogens with zero attached hydrogens (tertiary/aromatic N) is 2. The Kier molecular flexibility index (Phi) is 5.16. The molecule has 1 amide bonds. The van der Waals surface area contributed by atoms with Crippen LogP contribution in [-0.2, 0) is 6.54 Å². The number of fused-ring (bicyclic) bond motifs is 1. The fraction of sp³-hybridized carbons (Fsp3) is 0.222. The summed E-state index contributed by atoms with van der Waals surface area (Å²) in [5, 5.41) is 0. The van der Waals surface area contributed by atoms with Gasteiger partial charge in [0.25, 0.3) is 5.91 Å². The maximum absolute atomic E-state index is 12.5. The number of hydrogen-bond acceptors (Lipinski definition) is 3. The van der Waals surface area contributed by atoms with Gasteiger partial charge in [0, 0.05) is 16.6 Å². The lowest BCUT2D eigenvalue weighted by atomic mass is 10.2. The fourth-order valence-electron chi connectivity index (χ4n) is 2.46. The number of methoxy groups -OCH3 is 1. The highest BCUT2D eigenvalue weighted by Gasteiger charge is 2.09. The molecule has 2 aromatic carbocycles. The molecule has 0 bridgehead atoms. The Morgan fingerprint density at radius 2 is 2.00 bits per heavy atom. The molecule has 0 fully saturated rings. The first-order chi connectivity index (χ1) is 11.6. The van der Waals surface area contributed by atoms with E-state index in [1.54, 1.807) is 31.4 Å². The van der Waals surface area contributed by atoms with E-state index in [0.29, 0.717) is 5.56 Å². The summed E-state index contributed by atoms with van der Waals surface area (Å²) in [4.78, 5) is 17.6. The van der Waals surface area contributed by atoms with Crippen molar-refractivity contribution >= 4 is 43.4 Å². The van der Waals surface area contributed by atoms with Crippen molar-refractivity contribution in [3.63, 3.8) is 0 Å². The van der Waals surface area contributed by atoms with Crippen LogP contribution in [0.3, 0.4) is 0 Å². The molecular weight excluding hydrogens is 388 g/mol. The zero-order valence-corrected chi connectivity index (χ0v) is 15.9. The van der Waals surface area contributed by atoms with Gasteiger partial charge in [-0.15, -0.1) is 0 Å². The van der Waals surface area contributed by atoms with Crippen LogP contribution in [0.4, 0.5) is 0 Å². The van der Waals surface area contributed by atoms with Crippen LogP contribution in [0.25, 0.3) is 10.2 Å². The van der Waals surface area contributed by atoms with E-state index in [-0.39, 0.29) is 5.91 Å². The molecule has 6 heteroatoms. The summed E-state index contributed by atoms with van der Waals surface area (Å²) in [5.41, 5.74) is 1.66. The molecule has 0 saturated heterocycles. The summed E-state index contributed by atoms with van der Waals surface area (Å²) in [6.07, 6.45) is 0.978. The molecule has 0 atom stereocenters. The minimum absolute atomic E-state index is 0.242. The van der Waals surface area contributed by atoms with Crippen molar-refractivity contribution in [3.05, 3.63) is 57.3 Å². The number of aromatic nitrogens is 1. The van der Waals surface area contributed by atoms with Gasteiger partial charge in [-0.2, -0.15) is 4.99 Å². The van der Waals surface area contributed by atoms with Crippen molar-refractivity contribution in [1.29, 1.82) is 0 Å². The van der Waals surface area contributed by atoms with Gasteiger partial charge in [-0.05, 0) is 48.9 Å². The topological polar surface area (TPSA) is 43.6 Å². The molecule has 0 spiro atoms. The Hall–Kier alpha value is -1.92. The molecule has 1 heterocycles.